The Morgan fingerprint density at radius 2 is 1.22 bits per heavy atom. The van der Waals surface area contributed by atoms with Crippen molar-refractivity contribution in [2.75, 3.05) is 0 Å². The van der Waals surface area contributed by atoms with Gasteiger partial charge in [-0.2, -0.15) is 9.13 Å². The summed E-state index contributed by atoms with van der Waals surface area (Å²) in [5.74, 6) is 0. The molecule has 3 aliphatic rings. The van der Waals surface area contributed by atoms with Crippen LogP contribution >= 0.6 is 0 Å². The molecule has 3 unspecified atom stereocenters. The van der Waals surface area contributed by atoms with E-state index < -0.39 is 0 Å². The number of hydrogen-bond acceptors (Lipinski definition) is 0. The standard InChI is InChI=1S/C47H46N2/c1-7-32-29-43-37-22-16-17-23-41(37)47(49(43)31-39(32)34-20-14-11-15-21-34)45(8-2)40-26-24-35(33-18-12-10-13-19-33)28-38(40)42-27-25-36(44(4,5)6)30-48(42)46(45,47)9-3/h10-31H,7-9H2,1-6H3/q+2. The maximum atomic E-state index is 2.77. The molecule has 2 heteroatoms. The highest BCUT2D eigenvalue weighted by Crippen LogP contribution is 2.80. The molecule has 6 aromatic rings. The Labute approximate surface area is 291 Å². The van der Waals surface area contributed by atoms with Gasteiger partial charge in [-0.25, -0.2) is 0 Å². The second kappa shape index (κ2) is 10.3. The average Bonchev–Trinajstić information content (AvgIpc) is 3.61. The number of benzene rings is 4. The SMILES string of the molecule is CCc1cc2[n+](cc1-c1ccccc1)C1(c3ccccc3-2)C2(CC)c3ccc(-c4ccccc4)cc3-c3ccc(C(C)(C)C)c[n+]3C21CC. The number of rotatable bonds is 5. The first-order valence-electron chi connectivity index (χ1n) is 18.3. The topological polar surface area (TPSA) is 7.76 Å². The summed E-state index contributed by atoms with van der Waals surface area (Å²) >= 11 is 0. The quantitative estimate of drug-likeness (QED) is 0.166. The molecule has 49 heavy (non-hydrogen) atoms. The molecule has 2 nitrogen and oxygen atoms in total. The molecule has 242 valence electrons. The van der Waals surface area contributed by atoms with Gasteiger partial charge in [0.25, 0.3) is 11.1 Å². The Balaban J connectivity index is 1.44. The Morgan fingerprint density at radius 3 is 1.90 bits per heavy atom. The van der Waals surface area contributed by atoms with Crippen molar-refractivity contribution in [3.05, 3.63) is 156 Å². The van der Waals surface area contributed by atoms with Crippen LogP contribution in [0.2, 0.25) is 0 Å². The van der Waals surface area contributed by atoms with Gasteiger partial charge < -0.3 is 0 Å². The number of aromatic nitrogens is 2. The van der Waals surface area contributed by atoms with E-state index in [1.807, 2.05) is 0 Å². The second-order valence-corrected chi connectivity index (χ2v) is 15.5. The van der Waals surface area contributed by atoms with Crippen LogP contribution in [-0.4, -0.2) is 0 Å². The van der Waals surface area contributed by atoms with Crippen LogP contribution in [0.5, 0.6) is 0 Å². The molecular weight excluding hydrogens is 593 g/mol. The fraction of sp³-hybridized carbons (Fsp3) is 0.277. The molecule has 9 rings (SSSR count). The van der Waals surface area contributed by atoms with Gasteiger partial charge in [-0.3, -0.25) is 0 Å². The van der Waals surface area contributed by atoms with Gasteiger partial charge in [0.15, 0.2) is 12.4 Å². The molecule has 1 saturated carbocycles. The van der Waals surface area contributed by atoms with Crippen molar-refractivity contribution in [2.24, 2.45) is 0 Å². The lowest BCUT2D eigenvalue weighted by molar-refractivity contribution is -0.799. The van der Waals surface area contributed by atoms with E-state index in [-0.39, 0.29) is 21.9 Å². The zero-order valence-electron chi connectivity index (χ0n) is 29.7. The molecule has 1 fully saturated rings. The van der Waals surface area contributed by atoms with E-state index in [4.69, 9.17) is 0 Å². The summed E-state index contributed by atoms with van der Waals surface area (Å²) in [6, 6.07) is 46.0. The van der Waals surface area contributed by atoms with Crippen LogP contribution < -0.4 is 9.13 Å². The molecule has 1 aliphatic carbocycles. The molecule has 0 saturated heterocycles. The normalized spacial score (nSPS) is 22.6. The molecule has 1 spiro atoms. The van der Waals surface area contributed by atoms with Gasteiger partial charge in [-0.15, -0.1) is 0 Å². The maximum Gasteiger partial charge on any atom is 0.275 e. The number of fused-ring (bicyclic) bond motifs is 13. The number of aryl methyl sites for hydroxylation is 1. The van der Waals surface area contributed by atoms with Crippen molar-refractivity contribution in [1.82, 2.24) is 0 Å². The van der Waals surface area contributed by atoms with Crippen LogP contribution in [0.1, 0.15) is 76.6 Å². The minimum Gasteiger partial charge on any atom is -0.184 e. The first kappa shape index (κ1) is 30.3. The smallest absolute Gasteiger partial charge is 0.184 e. The summed E-state index contributed by atoms with van der Waals surface area (Å²) in [5.41, 5.74) is 15.6. The number of nitrogens with zero attached hydrogens (tertiary/aromatic N) is 2. The zero-order valence-corrected chi connectivity index (χ0v) is 29.7. The van der Waals surface area contributed by atoms with Crippen molar-refractivity contribution < 1.29 is 9.13 Å². The van der Waals surface area contributed by atoms with Gasteiger partial charge in [0.2, 0.25) is 11.4 Å². The molecule has 2 aliphatic heterocycles. The van der Waals surface area contributed by atoms with Crippen LogP contribution in [-0.2, 0) is 28.3 Å². The fourth-order valence-electron chi connectivity index (χ4n) is 10.6. The molecule has 4 heterocycles. The van der Waals surface area contributed by atoms with Gasteiger partial charge >= 0.3 is 0 Å². The largest absolute Gasteiger partial charge is 0.275 e. The van der Waals surface area contributed by atoms with Gasteiger partial charge in [0, 0.05) is 35.2 Å². The van der Waals surface area contributed by atoms with Gasteiger partial charge in [0.05, 0.1) is 11.1 Å². The van der Waals surface area contributed by atoms with E-state index in [2.05, 4.69) is 184 Å². The van der Waals surface area contributed by atoms with Crippen LogP contribution in [0.25, 0.3) is 44.8 Å². The highest BCUT2D eigenvalue weighted by molar-refractivity contribution is 5.81. The third-order valence-corrected chi connectivity index (χ3v) is 12.6. The van der Waals surface area contributed by atoms with Crippen molar-refractivity contribution in [3.63, 3.8) is 0 Å². The van der Waals surface area contributed by atoms with Crippen molar-refractivity contribution in [1.29, 1.82) is 0 Å². The summed E-state index contributed by atoms with van der Waals surface area (Å²) in [7, 11) is 0. The molecule has 2 aromatic heterocycles. The maximum absolute atomic E-state index is 2.77. The molecular formula is C47H46N2+2. The predicted octanol–water partition coefficient (Wildman–Crippen LogP) is 10.3. The first-order chi connectivity index (χ1) is 23.8. The average molecular weight is 639 g/mol. The molecule has 4 aromatic carbocycles. The van der Waals surface area contributed by atoms with Crippen LogP contribution in [0.3, 0.4) is 0 Å². The highest BCUT2D eigenvalue weighted by Gasteiger charge is 3.03. The number of pyridine rings is 2. The Morgan fingerprint density at radius 1 is 0.531 bits per heavy atom. The Hall–Kier alpha value is -4.82. The fourth-order valence-corrected chi connectivity index (χ4v) is 10.6. The van der Waals surface area contributed by atoms with Crippen molar-refractivity contribution in [3.8, 4) is 44.8 Å². The highest BCUT2D eigenvalue weighted by atomic mass is 15.3. The van der Waals surface area contributed by atoms with E-state index in [1.165, 1.54) is 67.0 Å². The number of hydrogen-bond donors (Lipinski definition) is 0. The molecule has 0 N–H and O–H groups in total. The predicted molar refractivity (Wildman–Crippen MR) is 200 cm³/mol. The third-order valence-electron chi connectivity index (χ3n) is 12.6. The Kier molecular flexibility index (Phi) is 6.39. The summed E-state index contributed by atoms with van der Waals surface area (Å²) in [6.45, 7) is 14.2. The van der Waals surface area contributed by atoms with Gasteiger partial charge in [-0.05, 0) is 64.3 Å². The van der Waals surface area contributed by atoms with E-state index in [1.54, 1.807) is 0 Å². The second-order valence-electron chi connectivity index (χ2n) is 15.5. The van der Waals surface area contributed by atoms with Gasteiger partial charge in [-0.1, -0.05) is 133 Å². The summed E-state index contributed by atoms with van der Waals surface area (Å²) < 4.78 is 5.52. The van der Waals surface area contributed by atoms with E-state index in [0.717, 1.165) is 19.3 Å². The molecule has 0 bridgehead atoms. The Bertz CT molecular complexity index is 2280. The van der Waals surface area contributed by atoms with Gasteiger partial charge in [0.1, 0.15) is 5.41 Å². The molecule has 0 radical (unpaired) electrons. The van der Waals surface area contributed by atoms with E-state index in [9.17, 15) is 0 Å². The summed E-state index contributed by atoms with van der Waals surface area (Å²) in [6.07, 6.45) is 8.12. The van der Waals surface area contributed by atoms with Crippen LogP contribution in [0.15, 0.2) is 134 Å². The van der Waals surface area contributed by atoms with Crippen molar-refractivity contribution in [2.45, 2.75) is 82.7 Å². The first-order valence-corrected chi connectivity index (χ1v) is 18.3. The summed E-state index contributed by atoms with van der Waals surface area (Å²) in [5, 5.41) is 0. The lowest BCUT2D eigenvalue weighted by atomic mass is 9.77. The molecule has 0 amide bonds. The van der Waals surface area contributed by atoms with Crippen LogP contribution in [0, 0.1) is 0 Å². The van der Waals surface area contributed by atoms with Crippen molar-refractivity contribution >= 4 is 0 Å². The lowest BCUT2D eigenvalue weighted by Gasteiger charge is -2.28. The minimum atomic E-state index is -0.305. The van der Waals surface area contributed by atoms with E-state index >= 15 is 0 Å². The lowest BCUT2D eigenvalue weighted by Crippen LogP contribution is -2.60. The van der Waals surface area contributed by atoms with Crippen LogP contribution in [0.4, 0.5) is 0 Å². The minimum absolute atomic E-state index is 0.0230. The summed E-state index contributed by atoms with van der Waals surface area (Å²) in [4.78, 5) is 0. The monoisotopic (exact) mass is 638 g/mol. The third kappa shape index (κ3) is 3.57. The molecule has 3 atom stereocenters. The van der Waals surface area contributed by atoms with E-state index in [0.29, 0.717) is 0 Å². The zero-order chi connectivity index (χ0) is 33.8.